The monoisotopic (exact) mass is 262 g/mol. The first kappa shape index (κ1) is 14.0. The fourth-order valence-corrected chi connectivity index (χ4v) is 2.29. The van der Waals surface area contributed by atoms with E-state index in [9.17, 15) is 12.8 Å². The van der Waals surface area contributed by atoms with E-state index in [1.54, 1.807) is 7.11 Å². The van der Waals surface area contributed by atoms with E-state index in [2.05, 4.69) is 9.71 Å². The summed E-state index contributed by atoms with van der Waals surface area (Å²) in [5.74, 6) is -0.850. The van der Waals surface area contributed by atoms with Gasteiger partial charge in [0.25, 0.3) is 10.0 Å². The molecule has 0 aliphatic heterocycles. The number of aromatic nitrogens is 1. The van der Waals surface area contributed by atoms with Gasteiger partial charge in [-0.1, -0.05) is 0 Å². The summed E-state index contributed by atoms with van der Waals surface area (Å²) in [6.45, 7) is 0.807. The van der Waals surface area contributed by atoms with Crippen molar-refractivity contribution in [2.24, 2.45) is 0 Å². The van der Waals surface area contributed by atoms with Gasteiger partial charge in [0.2, 0.25) is 5.03 Å². The minimum absolute atomic E-state index is 0.238. The summed E-state index contributed by atoms with van der Waals surface area (Å²) in [6, 6.07) is 2.40. The number of methoxy groups -OCH3 is 1. The Kier molecular flexibility index (Phi) is 5.46. The van der Waals surface area contributed by atoms with Gasteiger partial charge >= 0.3 is 0 Å². The van der Waals surface area contributed by atoms with Crippen LogP contribution in [0.15, 0.2) is 23.4 Å². The second kappa shape index (κ2) is 6.63. The van der Waals surface area contributed by atoms with Gasteiger partial charge in [-0.15, -0.1) is 0 Å². The Morgan fingerprint density at radius 1 is 1.47 bits per heavy atom. The maximum Gasteiger partial charge on any atom is 0.261 e. The smallest absolute Gasteiger partial charge is 0.261 e. The van der Waals surface area contributed by atoms with Crippen LogP contribution in [0.2, 0.25) is 0 Å². The van der Waals surface area contributed by atoms with Crippen molar-refractivity contribution < 1.29 is 17.5 Å². The van der Waals surface area contributed by atoms with Crippen LogP contribution >= 0.6 is 0 Å². The van der Waals surface area contributed by atoms with Gasteiger partial charge in [-0.2, -0.15) is 0 Å². The van der Waals surface area contributed by atoms with E-state index >= 15 is 0 Å². The maximum atomic E-state index is 13.2. The van der Waals surface area contributed by atoms with E-state index in [1.807, 2.05) is 0 Å². The molecule has 0 bridgehead atoms. The largest absolute Gasteiger partial charge is 0.385 e. The van der Waals surface area contributed by atoms with Gasteiger partial charge in [0.05, 0.1) is 0 Å². The second-order valence-electron chi connectivity index (χ2n) is 3.39. The molecule has 0 saturated carbocycles. The van der Waals surface area contributed by atoms with Crippen molar-refractivity contribution >= 4 is 10.0 Å². The molecule has 17 heavy (non-hydrogen) atoms. The summed E-state index contributed by atoms with van der Waals surface area (Å²) in [5, 5.41) is -0.563. The third-order valence-electron chi connectivity index (χ3n) is 2.05. The van der Waals surface area contributed by atoms with Crippen LogP contribution in [0.4, 0.5) is 4.39 Å². The third-order valence-corrected chi connectivity index (χ3v) is 3.44. The van der Waals surface area contributed by atoms with Crippen molar-refractivity contribution in [3.63, 3.8) is 0 Å². The van der Waals surface area contributed by atoms with Gasteiger partial charge in [-0.25, -0.2) is 22.5 Å². The van der Waals surface area contributed by atoms with Crippen LogP contribution in [0.25, 0.3) is 0 Å². The SMILES string of the molecule is COCCCCNS(=O)(=O)c1ncccc1F. The molecule has 7 heteroatoms. The summed E-state index contributed by atoms with van der Waals surface area (Å²) in [4.78, 5) is 3.51. The average Bonchev–Trinajstić information content (AvgIpc) is 2.29. The van der Waals surface area contributed by atoms with Gasteiger partial charge < -0.3 is 4.74 Å². The molecule has 0 fully saturated rings. The van der Waals surface area contributed by atoms with E-state index in [0.717, 1.165) is 12.5 Å². The Morgan fingerprint density at radius 3 is 2.88 bits per heavy atom. The van der Waals surface area contributed by atoms with Crippen LogP contribution in [0.3, 0.4) is 0 Å². The van der Waals surface area contributed by atoms with Crippen molar-refractivity contribution in [2.45, 2.75) is 17.9 Å². The quantitative estimate of drug-likeness (QED) is 0.742. The highest BCUT2D eigenvalue weighted by Crippen LogP contribution is 2.09. The molecule has 0 spiro atoms. The first-order valence-corrected chi connectivity index (χ1v) is 6.65. The number of halogens is 1. The normalized spacial score (nSPS) is 11.6. The molecule has 0 aliphatic rings. The van der Waals surface area contributed by atoms with Gasteiger partial charge in [-0.05, 0) is 25.0 Å². The van der Waals surface area contributed by atoms with Crippen molar-refractivity contribution in [1.82, 2.24) is 9.71 Å². The van der Waals surface area contributed by atoms with Crippen molar-refractivity contribution in [3.05, 3.63) is 24.1 Å². The van der Waals surface area contributed by atoms with E-state index in [4.69, 9.17) is 4.74 Å². The molecule has 1 heterocycles. The van der Waals surface area contributed by atoms with E-state index in [-0.39, 0.29) is 6.54 Å². The van der Waals surface area contributed by atoms with E-state index in [1.165, 1.54) is 12.3 Å². The zero-order valence-corrected chi connectivity index (χ0v) is 10.3. The van der Waals surface area contributed by atoms with Crippen LogP contribution < -0.4 is 4.72 Å². The Hall–Kier alpha value is -1.05. The number of rotatable bonds is 7. The lowest BCUT2D eigenvalue weighted by molar-refractivity contribution is 0.193. The van der Waals surface area contributed by atoms with Crippen molar-refractivity contribution in [2.75, 3.05) is 20.3 Å². The van der Waals surface area contributed by atoms with Crippen LogP contribution in [0.5, 0.6) is 0 Å². The number of sulfonamides is 1. The zero-order valence-electron chi connectivity index (χ0n) is 9.52. The van der Waals surface area contributed by atoms with Crippen LogP contribution in [0, 0.1) is 5.82 Å². The fourth-order valence-electron chi connectivity index (χ4n) is 1.22. The molecule has 1 N–H and O–H groups in total. The van der Waals surface area contributed by atoms with Gasteiger partial charge in [0.15, 0.2) is 5.82 Å². The molecular formula is C10H15FN2O3S. The molecule has 0 amide bonds. The predicted molar refractivity (Wildman–Crippen MR) is 60.5 cm³/mol. The zero-order chi connectivity index (χ0) is 12.7. The number of hydrogen-bond acceptors (Lipinski definition) is 4. The number of hydrogen-bond donors (Lipinski definition) is 1. The number of ether oxygens (including phenoxy) is 1. The van der Waals surface area contributed by atoms with Gasteiger partial charge in [0, 0.05) is 26.5 Å². The summed E-state index contributed by atoms with van der Waals surface area (Å²) in [5.41, 5.74) is 0. The predicted octanol–water partition coefficient (Wildman–Crippen LogP) is 0.926. The molecular weight excluding hydrogens is 247 g/mol. The molecule has 0 unspecified atom stereocenters. The highest BCUT2D eigenvalue weighted by Gasteiger charge is 2.19. The fraction of sp³-hybridized carbons (Fsp3) is 0.500. The van der Waals surface area contributed by atoms with Crippen LogP contribution in [0.1, 0.15) is 12.8 Å². The maximum absolute atomic E-state index is 13.2. The minimum Gasteiger partial charge on any atom is -0.385 e. The van der Waals surface area contributed by atoms with E-state index < -0.39 is 20.9 Å². The molecule has 5 nitrogen and oxygen atoms in total. The molecule has 0 atom stereocenters. The van der Waals surface area contributed by atoms with Gasteiger partial charge in [0.1, 0.15) is 0 Å². The summed E-state index contributed by atoms with van der Waals surface area (Å²) in [6.07, 6.45) is 2.60. The highest BCUT2D eigenvalue weighted by atomic mass is 32.2. The topological polar surface area (TPSA) is 68.3 Å². The summed E-state index contributed by atoms with van der Waals surface area (Å²) >= 11 is 0. The van der Waals surface area contributed by atoms with Crippen LogP contribution in [-0.4, -0.2) is 33.7 Å². The molecule has 96 valence electrons. The minimum atomic E-state index is -3.86. The Balaban J connectivity index is 2.55. The van der Waals surface area contributed by atoms with Gasteiger partial charge in [-0.3, -0.25) is 0 Å². The first-order chi connectivity index (χ1) is 8.08. The Labute approximate surface area is 100 Å². The second-order valence-corrected chi connectivity index (χ2v) is 5.07. The molecule has 1 rings (SSSR count). The highest BCUT2D eigenvalue weighted by molar-refractivity contribution is 7.89. The third kappa shape index (κ3) is 4.37. The lowest BCUT2D eigenvalue weighted by Gasteiger charge is -2.06. The molecule has 1 aromatic heterocycles. The molecule has 0 radical (unpaired) electrons. The van der Waals surface area contributed by atoms with E-state index in [0.29, 0.717) is 13.0 Å². The number of pyridine rings is 1. The lowest BCUT2D eigenvalue weighted by atomic mass is 10.3. The van der Waals surface area contributed by atoms with Crippen LogP contribution in [-0.2, 0) is 14.8 Å². The lowest BCUT2D eigenvalue weighted by Crippen LogP contribution is -2.26. The summed E-state index contributed by atoms with van der Waals surface area (Å²) in [7, 11) is -2.28. The number of nitrogens with one attached hydrogen (secondary N) is 1. The number of unbranched alkanes of at least 4 members (excludes halogenated alkanes) is 1. The van der Waals surface area contributed by atoms with Crippen molar-refractivity contribution in [1.29, 1.82) is 0 Å². The molecule has 0 saturated heterocycles. The molecule has 0 aromatic carbocycles. The molecule has 1 aromatic rings. The standard InChI is InChI=1S/C10H15FN2O3S/c1-16-8-3-2-7-13-17(14,15)10-9(11)5-4-6-12-10/h4-6,13H,2-3,7-8H2,1H3. The Morgan fingerprint density at radius 2 is 2.24 bits per heavy atom. The summed E-state index contributed by atoms with van der Waals surface area (Å²) < 4.78 is 43.6. The molecule has 0 aliphatic carbocycles. The van der Waals surface area contributed by atoms with Crippen molar-refractivity contribution in [3.8, 4) is 0 Å². The Bertz CT molecular complexity index is 451. The average molecular weight is 262 g/mol. The number of nitrogens with zero attached hydrogens (tertiary/aromatic N) is 1. The first-order valence-electron chi connectivity index (χ1n) is 5.17.